The molecule has 2 rings (SSSR count). The van der Waals surface area contributed by atoms with Gasteiger partial charge in [0, 0.05) is 13.0 Å². The van der Waals surface area contributed by atoms with Crippen molar-refractivity contribution < 1.29 is 14.6 Å². The van der Waals surface area contributed by atoms with Crippen LogP contribution in [-0.2, 0) is 0 Å². The van der Waals surface area contributed by atoms with Crippen molar-refractivity contribution in [1.29, 1.82) is 0 Å². The van der Waals surface area contributed by atoms with E-state index < -0.39 is 0 Å². The van der Waals surface area contributed by atoms with Gasteiger partial charge in [0.05, 0.1) is 13.2 Å². The molecular weight excluding hydrogens is 204 g/mol. The Morgan fingerprint density at radius 1 is 1.25 bits per heavy atom. The largest absolute Gasteiger partial charge is 0.490 e. The molecule has 3 heteroatoms. The van der Waals surface area contributed by atoms with Crippen molar-refractivity contribution in [1.82, 2.24) is 0 Å². The lowest BCUT2D eigenvalue weighted by atomic mass is 9.98. The minimum atomic E-state index is 0.218. The summed E-state index contributed by atoms with van der Waals surface area (Å²) in [6.07, 6.45) is 1.70. The molecule has 0 saturated heterocycles. The molecule has 1 atom stereocenters. The molecule has 1 aromatic carbocycles. The van der Waals surface area contributed by atoms with Gasteiger partial charge < -0.3 is 14.6 Å². The first kappa shape index (κ1) is 11.3. The first-order valence-corrected chi connectivity index (χ1v) is 5.81. The molecule has 0 aliphatic carbocycles. The lowest BCUT2D eigenvalue weighted by molar-refractivity contribution is 0.278. The highest BCUT2D eigenvalue weighted by molar-refractivity contribution is 5.44. The van der Waals surface area contributed by atoms with Crippen LogP contribution in [0.4, 0.5) is 0 Å². The third kappa shape index (κ3) is 2.47. The highest BCUT2D eigenvalue weighted by Gasteiger charge is 2.13. The fourth-order valence-corrected chi connectivity index (χ4v) is 1.85. The molecule has 0 spiro atoms. The van der Waals surface area contributed by atoms with Crippen LogP contribution >= 0.6 is 0 Å². The van der Waals surface area contributed by atoms with Gasteiger partial charge in [-0.15, -0.1) is 0 Å². The van der Waals surface area contributed by atoms with Gasteiger partial charge >= 0.3 is 0 Å². The normalized spacial score (nSPS) is 16.6. The van der Waals surface area contributed by atoms with Gasteiger partial charge in [-0.3, -0.25) is 0 Å². The zero-order chi connectivity index (χ0) is 11.4. The van der Waals surface area contributed by atoms with Gasteiger partial charge in [-0.25, -0.2) is 0 Å². The maximum Gasteiger partial charge on any atom is 0.161 e. The van der Waals surface area contributed by atoms with Crippen LogP contribution in [0.3, 0.4) is 0 Å². The molecule has 1 aliphatic rings. The van der Waals surface area contributed by atoms with E-state index in [1.807, 2.05) is 18.2 Å². The Bertz CT molecular complexity index is 349. The Labute approximate surface area is 96.0 Å². The fourth-order valence-electron chi connectivity index (χ4n) is 1.85. The molecule has 3 nitrogen and oxygen atoms in total. The van der Waals surface area contributed by atoms with Crippen molar-refractivity contribution in [3.05, 3.63) is 23.8 Å². The molecule has 1 aliphatic heterocycles. The van der Waals surface area contributed by atoms with Crippen LogP contribution in [0.2, 0.25) is 0 Å². The quantitative estimate of drug-likeness (QED) is 0.853. The smallest absolute Gasteiger partial charge is 0.161 e. The van der Waals surface area contributed by atoms with Gasteiger partial charge in [-0.1, -0.05) is 13.0 Å². The number of rotatable bonds is 3. The summed E-state index contributed by atoms with van der Waals surface area (Å²) in [5, 5.41) is 8.93. The lowest BCUT2D eigenvalue weighted by Gasteiger charge is -2.13. The van der Waals surface area contributed by atoms with Gasteiger partial charge in [0.25, 0.3) is 0 Å². The fraction of sp³-hybridized carbons (Fsp3) is 0.538. The van der Waals surface area contributed by atoms with E-state index >= 15 is 0 Å². The van der Waals surface area contributed by atoms with E-state index in [4.69, 9.17) is 14.6 Å². The summed E-state index contributed by atoms with van der Waals surface area (Å²) >= 11 is 0. The summed E-state index contributed by atoms with van der Waals surface area (Å²) < 4.78 is 11.2. The number of fused-ring (bicyclic) bond motifs is 1. The number of ether oxygens (including phenoxy) is 2. The molecule has 16 heavy (non-hydrogen) atoms. The van der Waals surface area contributed by atoms with E-state index in [-0.39, 0.29) is 6.61 Å². The van der Waals surface area contributed by atoms with Crippen molar-refractivity contribution >= 4 is 0 Å². The summed E-state index contributed by atoms with van der Waals surface area (Å²) in [5.41, 5.74) is 1.19. The average Bonchev–Trinajstić information content (AvgIpc) is 2.53. The topological polar surface area (TPSA) is 38.7 Å². The Morgan fingerprint density at radius 3 is 2.75 bits per heavy atom. The molecule has 1 aromatic rings. The first-order valence-electron chi connectivity index (χ1n) is 5.81. The van der Waals surface area contributed by atoms with Gasteiger partial charge in [0.1, 0.15) is 0 Å². The third-order valence-electron chi connectivity index (χ3n) is 2.90. The molecule has 88 valence electrons. The second kappa shape index (κ2) is 5.21. The Balaban J connectivity index is 2.20. The summed E-state index contributed by atoms with van der Waals surface area (Å²) in [7, 11) is 0. The first-order chi connectivity index (χ1) is 7.81. The SMILES string of the molecule is CC(CCO)c1ccc2c(c1)OCCCO2. The number of aliphatic hydroxyl groups is 1. The van der Waals surface area contributed by atoms with Crippen molar-refractivity contribution in [2.75, 3.05) is 19.8 Å². The van der Waals surface area contributed by atoms with Crippen molar-refractivity contribution in [3.8, 4) is 11.5 Å². The number of hydrogen-bond donors (Lipinski definition) is 1. The van der Waals surface area contributed by atoms with Gasteiger partial charge in [-0.05, 0) is 30.0 Å². The molecule has 0 amide bonds. The third-order valence-corrected chi connectivity index (χ3v) is 2.90. The molecule has 0 saturated carbocycles. The standard InChI is InChI=1S/C13H18O3/c1-10(5-6-14)11-3-4-12-13(9-11)16-8-2-7-15-12/h3-4,9-10,14H,2,5-8H2,1H3. The molecule has 1 heterocycles. The Hall–Kier alpha value is -1.22. The van der Waals surface area contributed by atoms with E-state index in [1.54, 1.807) is 0 Å². The van der Waals surface area contributed by atoms with E-state index in [2.05, 4.69) is 6.92 Å². The van der Waals surface area contributed by atoms with Crippen LogP contribution in [0, 0.1) is 0 Å². The Kier molecular flexibility index (Phi) is 3.67. The zero-order valence-electron chi connectivity index (χ0n) is 9.61. The average molecular weight is 222 g/mol. The van der Waals surface area contributed by atoms with E-state index in [1.165, 1.54) is 5.56 Å². The summed E-state index contributed by atoms with van der Waals surface area (Å²) in [6, 6.07) is 6.04. The van der Waals surface area contributed by atoms with E-state index in [0.29, 0.717) is 12.5 Å². The molecule has 0 bridgehead atoms. The van der Waals surface area contributed by atoms with Crippen LogP contribution in [0.5, 0.6) is 11.5 Å². The minimum absolute atomic E-state index is 0.218. The molecule has 0 fully saturated rings. The monoisotopic (exact) mass is 222 g/mol. The van der Waals surface area contributed by atoms with E-state index in [9.17, 15) is 0 Å². The number of benzene rings is 1. The lowest BCUT2D eigenvalue weighted by Crippen LogP contribution is -1.99. The second-order valence-electron chi connectivity index (χ2n) is 4.17. The molecule has 0 aromatic heterocycles. The molecule has 0 radical (unpaired) electrons. The van der Waals surface area contributed by atoms with Crippen molar-refractivity contribution in [2.24, 2.45) is 0 Å². The zero-order valence-corrected chi connectivity index (χ0v) is 9.61. The number of aliphatic hydroxyl groups excluding tert-OH is 1. The summed E-state index contributed by atoms with van der Waals surface area (Å²) in [5.74, 6) is 2.01. The van der Waals surface area contributed by atoms with Gasteiger partial charge in [0.2, 0.25) is 0 Å². The molecule has 1 N–H and O–H groups in total. The summed E-state index contributed by atoms with van der Waals surface area (Å²) in [6.45, 7) is 3.76. The summed E-state index contributed by atoms with van der Waals surface area (Å²) in [4.78, 5) is 0. The van der Waals surface area contributed by atoms with Crippen LogP contribution in [0.1, 0.15) is 31.2 Å². The Morgan fingerprint density at radius 2 is 2.00 bits per heavy atom. The minimum Gasteiger partial charge on any atom is -0.490 e. The highest BCUT2D eigenvalue weighted by atomic mass is 16.5. The van der Waals surface area contributed by atoms with Crippen molar-refractivity contribution in [3.63, 3.8) is 0 Å². The predicted molar refractivity (Wildman–Crippen MR) is 62.2 cm³/mol. The van der Waals surface area contributed by atoms with Crippen LogP contribution in [0.25, 0.3) is 0 Å². The van der Waals surface area contributed by atoms with E-state index in [0.717, 1.165) is 30.9 Å². The number of hydrogen-bond acceptors (Lipinski definition) is 3. The maximum atomic E-state index is 8.93. The van der Waals surface area contributed by atoms with Crippen LogP contribution < -0.4 is 9.47 Å². The van der Waals surface area contributed by atoms with Crippen LogP contribution in [0.15, 0.2) is 18.2 Å². The highest BCUT2D eigenvalue weighted by Crippen LogP contribution is 2.33. The van der Waals surface area contributed by atoms with Gasteiger partial charge in [-0.2, -0.15) is 0 Å². The molecular formula is C13H18O3. The predicted octanol–water partition coefficient (Wildman–Crippen LogP) is 2.33. The molecule has 1 unspecified atom stereocenters. The second-order valence-corrected chi connectivity index (χ2v) is 4.17. The maximum absolute atomic E-state index is 8.93. The van der Waals surface area contributed by atoms with Crippen molar-refractivity contribution in [2.45, 2.75) is 25.7 Å². The van der Waals surface area contributed by atoms with Crippen LogP contribution in [-0.4, -0.2) is 24.9 Å². The van der Waals surface area contributed by atoms with Gasteiger partial charge in [0.15, 0.2) is 11.5 Å².